The molecule has 25 heavy (non-hydrogen) atoms. The van der Waals surface area contributed by atoms with Crippen LogP contribution >= 0.6 is 12.4 Å². The van der Waals surface area contributed by atoms with Gasteiger partial charge in [-0.2, -0.15) is 0 Å². The molecule has 2 N–H and O–H groups in total. The van der Waals surface area contributed by atoms with Crippen molar-refractivity contribution in [3.8, 4) is 0 Å². The van der Waals surface area contributed by atoms with E-state index in [-0.39, 0.29) is 18.3 Å². The second-order valence-electron chi connectivity index (χ2n) is 7.26. The molecule has 0 aliphatic carbocycles. The van der Waals surface area contributed by atoms with Gasteiger partial charge in [0.2, 0.25) is 5.91 Å². The molecule has 0 saturated carbocycles. The predicted molar refractivity (Wildman–Crippen MR) is 116 cm³/mol. The molecule has 154 valence electrons. The van der Waals surface area contributed by atoms with Crippen molar-refractivity contribution in [3.05, 3.63) is 0 Å². The summed E-state index contributed by atoms with van der Waals surface area (Å²) in [6.07, 6.45) is 19.2. The smallest absolute Gasteiger partial charge is 0.217 e. The highest BCUT2D eigenvalue weighted by Gasteiger charge is 1.95. The van der Waals surface area contributed by atoms with Crippen LogP contribution in [-0.2, 0) is 4.79 Å². The Labute approximate surface area is 164 Å². The van der Waals surface area contributed by atoms with E-state index in [2.05, 4.69) is 32.8 Å². The number of nitrogens with zero attached hydrogens (tertiary/aromatic N) is 1. The molecule has 0 aromatic carbocycles. The minimum absolute atomic E-state index is 0. The molecule has 4 heteroatoms. The van der Waals surface area contributed by atoms with Gasteiger partial charge >= 0.3 is 0 Å². The lowest BCUT2D eigenvalue weighted by atomic mass is 10.0. The fourth-order valence-electron chi connectivity index (χ4n) is 2.76. The van der Waals surface area contributed by atoms with Crippen LogP contribution in [0.5, 0.6) is 0 Å². The van der Waals surface area contributed by atoms with Crippen LogP contribution in [0.2, 0.25) is 0 Å². The Bertz CT molecular complexity index is 248. The van der Waals surface area contributed by atoms with Gasteiger partial charge in [-0.3, -0.25) is 4.79 Å². The van der Waals surface area contributed by atoms with E-state index in [9.17, 15) is 4.79 Å². The second-order valence-corrected chi connectivity index (χ2v) is 7.26. The summed E-state index contributed by atoms with van der Waals surface area (Å²) in [4.78, 5) is 12.7. The zero-order chi connectivity index (χ0) is 18.5. The molecule has 0 heterocycles. The second kappa shape index (κ2) is 26.0. The normalized spacial score (nSPS) is 10.1. The average Bonchev–Trinajstić information content (AvgIpc) is 2.52. The Morgan fingerprint density at radius 1 is 0.680 bits per heavy atom. The number of primary amides is 1. The summed E-state index contributed by atoms with van der Waals surface area (Å²) in [6, 6.07) is 0. The Morgan fingerprint density at radius 3 is 1.28 bits per heavy atom. The van der Waals surface area contributed by atoms with E-state index in [0.29, 0.717) is 6.42 Å². The molecule has 0 aliphatic heterocycles. The molecule has 0 atom stereocenters. The van der Waals surface area contributed by atoms with Gasteiger partial charge in [0, 0.05) is 6.42 Å². The molecule has 0 saturated heterocycles. The van der Waals surface area contributed by atoms with Crippen molar-refractivity contribution in [2.24, 2.45) is 5.73 Å². The highest BCUT2D eigenvalue weighted by Crippen LogP contribution is 2.12. The molecule has 0 rings (SSSR count). The van der Waals surface area contributed by atoms with Crippen LogP contribution in [0.4, 0.5) is 0 Å². The monoisotopic (exact) mass is 378 g/mol. The number of unbranched alkanes of at least 4 members (excludes halogenated alkanes) is 12. The summed E-state index contributed by atoms with van der Waals surface area (Å²) >= 11 is 0. The number of halogens is 1. The van der Waals surface area contributed by atoms with Gasteiger partial charge < -0.3 is 10.6 Å². The summed E-state index contributed by atoms with van der Waals surface area (Å²) in [5, 5.41) is 0. The fourth-order valence-corrected chi connectivity index (χ4v) is 2.76. The van der Waals surface area contributed by atoms with E-state index in [4.69, 9.17) is 5.73 Å². The molecule has 0 bridgehead atoms. The number of carbonyl (C=O) groups excluding carboxylic acids is 1. The third kappa shape index (κ3) is 35.6. The molecule has 1 amide bonds. The molecule has 0 fully saturated rings. The topological polar surface area (TPSA) is 46.3 Å². The number of rotatable bonds is 16. The van der Waals surface area contributed by atoms with Gasteiger partial charge in [-0.15, -0.1) is 12.4 Å². The van der Waals surface area contributed by atoms with Gasteiger partial charge in [0.15, 0.2) is 0 Å². The van der Waals surface area contributed by atoms with Crippen molar-refractivity contribution in [3.63, 3.8) is 0 Å². The van der Waals surface area contributed by atoms with Crippen molar-refractivity contribution >= 4 is 18.3 Å². The van der Waals surface area contributed by atoms with Crippen LogP contribution in [-0.4, -0.2) is 31.4 Å². The number of amides is 1. The third-order valence-electron chi connectivity index (χ3n) is 4.20. The van der Waals surface area contributed by atoms with Crippen LogP contribution < -0.4 is 5.73 Å². The molecule has 0 spiro atoms. The maximum atomic E-state index is 10.5. The first kappa shape index (κ1) is 29.5. The van der Waals surface area contributed by atoms with E-state index in [0.717, 1.165) is 6.42 Å². The van der Waals surface area contributed by atoms with Crippen LogP contribution in [0.3, 0.4) is 0 Å². The van der Waals surface area contributed by atoms with E-state index in [1.165, 1.54) is 90.0 Å². The molecule has 0 aliphatic rings. The highest BCUT2D eigenvalue weighted by molar-refractivity contribution is 5.85. The summed E-state index contributed by atoms with van der Waals surface area (Å²) in [7, 11) is 4.17. The van der Waals surface area contributed by atoms with Crippen LogP contribution in [0.25, 0.3) is 0 Å². The number of hydrogen-bond donors (Lipinski definition) is 1. The van der Waals surface area contributed by atoms with Crippen LogP contribution in [0.1, 0.15) is 110 Å². The van der Waals surface area contributed by atoms with Gasteiger partial charge in [-0.25, -0.2) is 0 Å². The molecule has 0 aromatic heterocycles. The van der Waals surface area contributed by atoms with Gasteiger partial charge in [0.05, 0.1) is 0 Å². The maximum absolute atomic E-state index is 10.5. The molecule has 0 aromatic rings. The van der Waals surface area contributed by atoms with Gasteiger partial charge in [0.1, 0.15) is 0 Å². The first-order chi connectivity index (χ1) is 11.5. The van der Waals surface area contributed by atoms with Crippen LogP contribution in [0.15, 0.2) is 0 Å². The lowest BCUT2D eigenvalue weighted by Gasteiger charge is -2.03. The molecule has 0 radical (unpaired) electrons. The minimum atomic E-state index is -0.155. The Kier molecular flexibility index (Phi) is 30.6. The molecular formula is C21H47ClN2O. The first-order valence-electron chi connectivity index (χ1n) is 10.5. The Morgan fingerprint density at radius 2 is 1.04 bits per heavy atom. The van der Waals surface area contributed by atoms with E-state index < -0.39 is 0 Å². The predicted octanol–water partition coefficient (Wildman–Crippen LogP) is 6.33. The first-order valence-corrected chi connectivity index (χ1v) is 10.5. The summed E-state index contributed by atoms with van der Waals surface area (Å²) in [5.41, 5.74) is 5.09. The lowest BCUT2D eigenvalue weighted by molar-refractivity contribution is -0.118. The highest BCUT2D eigenvalue weighted by atomic mass is 35.5. The van der Waals surface area contributed by atoms with Gasteiger partial charge in [-0.1, -0.05) is 90.9 Å². The summed E-state index contributed by atoms with van der Waals surface area (Å²) in [5.74, 6) is -0.155. The standard InChI is InChI=1S/C16H33NO.C5H13N.ClH/c1-2-3-4-5-6-7-8-9-10-11-12-13-14-15-16(17)18;1-4-5-6(2)3;/h2-15H2,1H3,(H2,17,18);4-5H2,1-3H3;1H. The molecule has 3 nitrogen and oxygen atoms in total. The van der Waals surface area contributed by atoms with E-state index >= 15 is 0 Å². The average molecular weight is 379 g/mol. The zero-order valence-corrected chi connectivity index (χ0v) is 18.5. The van der Waals surface area contributed by atoms with Crippen molar-refractivity contribution < 1.29 is 4.79 Å². The number of hydrogen-bond acceptors (Lipinski definition) is 2. The van der Waals surface area contributed by atoms with Crippen molar-refractivity contribution in [1.82, 2.24) is 4.90 Å². The number of nitrogens with two attached hydrogens (primary N) is 1. The SMILES string of the molecule is CCCCCCCCCCCCCCCC(N)=O.CCCN(C)C.Cl. The minimum Gasteiger partial charge on any atom is -0.370 e. The van der Waals surface area contributed by atoms with Gasteiger partial charge in [0.25, 0.3) is 0 Å². The summed E-state index contributed by atoms with van der Waals surface area (Å²) in [6.45, 7) is 5.66. The Hall–Kier alpha value is -0.280. The summed E-state index contributed by atoms with van der Waals surface area (Å²) < 4.78 is 0. The van der Waals surface area contributed by atoms with Gasteiger partial charge in [-0.05, 0) is 33.5 Å². The maximum Gasteiger partial charge on any atom is 0.217 e. The molecule has 0 unspecified atom stereocenters. The fraction of sp³-hybridized carbons (Fsp3) is 0.952. The van der Waals surface area contributed by atoms with E-state index in [1.54, 1.807) is 0 Å². The van der Waals surface area contributed by atoms with Crippen molar-refractivity contribution in [1.29, 1.82) is 0 Å². The largest absolute Gasteiger partial charge is 0.370 e. The van der Waals surface area contributed by atoms with Crippen LogP contribution in [0, 0.1) is 0 Å². The quantitative estimate of drug-likeness (QED) is 0.319. The lowest BCUT2D eigenvalue weighted by Crippen LogP contribution is -2.11. The van der Waals surface area contributed by atoms with Crippen molar-refractivity contribution in [2.45, 2.75) is 110 Å². The molecular weight excluding hydrogens is 332 g/mol. The third-order valence-corrected chi connectivity index (χ3v) is 4.20. The number of carbonyl (C=O) groups is 1. The van der Waals surface area contributed by atoms with E-state index in [1.807, 2.05) is 0 Å². The Balaban J connectivity index is -0.000000592. The zero-order valence-electron chi connectivity index (χ0n) is 17.7. The van der Waals surface area contributed by atoms with Crippen molar-refractivity contribution in [2.75, 3.05) is 20.6 Å².